The van der Waals surface area contributed by atoms with Crippen LogP contribution in [0.3, 0.4) is 0 Å². The van der Waals surface area contributed by atoms with Crippen molar-refractivity contribution in [1.29, 1.82) is 0 Å². The van der Waals surface area contributed by atoms with Crippen molar-refractivity contribution in [2.24, 2.45) is 11.8 Å². The van der Waals surface area contributed by atoms with Crippen LogP contribution in [0, 0.1) is 11.8 Å². The summed E-state index contributed by atoms with van der Waals surface area (Å²) in [7, 11) is -9.69. The Morgan fingerprint density at radius 3 is 2.22 bits per heavy atom. The van der Waals surface area contributed by atoms with Crippen molar-refractivity contribution in [3.05, 3.63) is 0 Å². The summed E-state index contributed by atoms with van der Waals surface area (Å²) in [6.45, 7) is 1.01. The first kappa shape index (κ1) is 16.7. The highest BCUT2D eigenvalue weighted by atomic mass is 32.1. The average Bonchev–Trinajstić information content (AvgIpc) is 2.17. The molecule has 1 fully saturated rings. The minimum absolute atomic E-state index is 0.179. The molecule has 108 valence electrons. The van der Waals surface area contributed by atoms with E-state index in [1.54, 1.807) is 0 Å². The second kappa shape index (κ2) is 6.37. The Morgan fingerprint density at radius 1 is 1.22 bits per heavy atom. The molecule has 1 aliphatic heterocycles. The smallest absolute Gasteiger partial charge is 0.324 e. The van der Waals surface area contributed by atoms with Gasteiger partial charge in [-0.1, -0.05) is 0 Å². The molecular formula is C8H19NO6P2S. The summed E-state index contributed by atoms with van der Waals surface area (Å²) in [5.41, 5.74) is 0. The van der Waals surface area contributed by atoms with Gasteiger partial charge in [0.25, 0.3) is 0 Å². The lowest BCUT2D eigenvalue weighted by Gasteiger charge is -2.37. The molecule has 1 rings (SSSR count). The zero-order valence-electron chi connectivity index (χ0n) is 9.71. The average molecular weight is 319 g/mol. The van der Waals surface area contributed by atoms with Crippen LogP contribution in [0.1, 0.15) is 12.8 Å². The monoisotopic (exact) mass is 319 g/mol. The Hall–Kier alpha value is 0.610. The van der Waals surface area contributed by atoms with E-state index in [1.807, 2.05) is 0 Å². The summed E-state index contributed by atoms with van der Waals surface area (Å²) in [5, 5.41) is 1.18. The highest BCUT2D eigenvalue weighted by Crippen LogP contribution is 2.64. The third-order valence-electron chi connectivity index (χ3n) is 3.24. The van der Waals surface area contributed by atoms with E-state index in [0.29, 0.717) is 31.7 Å². The molecule has 0 spiro atoms. The molecule has 0 aromatic rings. The summed E-state index contributed by atoms with van der Waals surface area (Å²) >= 11 is 4.07. The van der Waals surface area contributed by atoms with Gasteiger partial charge in [-0.2, -0.15) is 12.6 Å². The topological polar surface area (TPSA) is 127 Å². The van der Waals surface area contributed by atoms with Crippen LogP contribution in [0.25, 0.3) is 0 Å². The molecule has 1 aliphatic rings. The molecular weight excluding hydrogens is 300 g/mol. The first-order valence-electron chi connectivity index (χ1n) is 5.60. The van der Waals surface area contributed by atoms with E-state index >= 15 is 0 Å². The van der Waals surface area contributed by atoms with Crippen LogP contribution >= 0.6 is 27.8 Å². The van der Waals surface area contributed by atoms with Gasteiger partial charge in [0.15, 0.2) is 5.40 Å². The lowest BCUT2D eigenvalue weighted by atomic mass is 9.86. The summed E-state index contributed by atoms with van der Waals surface area (Å²) in [4.78, 5) is 36.9. The third-order valence-corrected chi connectivity index (χ3v) is 7.45. The Kier molecular flexibility index (Phi) is 5.90. The Bertz CT molecular complexity index is 345. The van der Waals surface area contributed by atoms with Gasteiger partial charge in [-0.25, -0.2) is 0 Å². The molecule has 0 bridgehead atoms. The fourth-order valence-corrected chi connectivity index (χ4v) is 6.19. The van der Waals surface area contributed by atoms with Crippen molar-refractivity contribution in [3.8, 4) is 0 Å². The number of hydrogen-bond donors (Lipinski definition) is 6. The SMILES string of the molecule is O=P(O)(O)C(C1CCNCC1CCS)P(=O)(O)O. The van der Waals surface area contributed by atoms with E-state index in [1.165, 1.54) is 0 Å². The van der Waals surface area contributed by atoms with Crippen LogP contribution in [-0.2, 0) is 9.13 Å². The largest absolute Gasteiger partial charge is 0.340 e. The quantitative estimate of drug-likeness (QED) is 0.316. The highest BCUT2D eigenvalue weighted by Gasteiger charge is 2.51. The maximum Gasteiger partial charge on any atom is 0.340 e. The van der Waals surface area contributed by atoms with E-state index in [-0.39, 0.29) is 5.92 Å². The Balaban J connectivity index is 3.03. The van der Waals surface area contributed by atoms with Gasteiger partial charge in [-0.15, -0.1) is 0 Å². The molecule has 2 unspecified atom stereocenters. The van der Waals surface area contributed by atoms with Gasteiger partial charge in [0.1, 0.15) is 0 Å². The number of rotatable bonds is 5. The molecule has 0 radical (unpaired) electrons. The maximum absolute atomic E-state index is 11.4. The van der Waals surface area contributed by atoms with Gasteiger partial charge in [-0.3, -0.25) is 9.13 Å². The van der Waals surface area contributed by atoms with Crippen molar-refractivity contribution in [1.82, 2.24) is 5.32 Å². The fourth-order valence-electron chi connectivity index (χ4n) is 2.51. The van der Waals surface area contributed by atoms with Crippen LogP contribution in [0.2, 0.25) is 0 Å². The van der Waals surface area contributed by atoms with Gasteiger partial charge in [0, 0.05) is 0 Å². The van der Waals surface area contributed by atoms with Gasteiger partial charge >= 0.3 is 15.2 Å². The molecule has 0 aliphatic carbocycles. The van der Waals surface area contributed by atoms with E-state index < -0.39 is 26.5 Å². The minimum Gasteiger partial charge on any atom is -0.324 e. The van der Waals surface area contributed by atoms with Gasteiger partial charge < -0.3 is 24.9 Å². The highest BCUT2D eigenvalue weighted by molar-refractivity contribution is 7.80. The van der Waals surface area contributed by atoms with Gasteiger partial charge in [0.2, 0.25) is 0 Å². The first-order valence-corrected chi connectivity index (χ1v) is 9.59. The minimum atomic E-state index is -4.84. The van der Waals surface area contributed by atoms with Gasteiger partial charge in [-0.05, 0) is 43.5 Å². The standard InChI is InChI=1S/C8H19NO6P2S/c10-16(11,12)8(17(13,14)15)7-1-3-9-5-6(7)2-4-18/h6-9,18H,1-5H2,(H2,10,11,12)(H2,13,14,15). The zero-order valence-corrected chi connectivity index (χ0v) is 12.4. The molecule has 2 atom stereocenters. The zero-order chi connectivity index (χ0) is 14.0. The Morgan fingerprint density at radius 2 is 1.78 bits per heavy atom. The fraction of sp³-hybridized carbons (Fsp3) is 1.00. The third kappa shape index (κ3) is 4.32. The molecule has 10 heteroatoms. The normalized spacial score (nSPS) is 26.6. The predicted octanol–water partition coefficient (Wildman–Crippen LogP) is 0.213. The van der Waals surface area contributed by atoms with Crippen LogP contribution in [0.4, 0.5) is 0 Å². The van der Waals surface area contributed by atoms with Gasteiger partial charge in [0.05, 0.1) is 0 Å². The van der Waals surface area contributed by atoms with E-state index in [9.17, 15) is 28.7 Å². The summed E-state index contributed by atoms with van der Waals surface area (Å²) < 4.78 is 22.8. The van der Waals surface area contributed by atoms with E-state index in [0.717, 1.165) is 0 Å². The molecule has 0 aromatic carbocycles. The second-order valence-corrected chi connectivity index (χ2v) is 8.84. The summed E-state index contributed by atoms with van der Waals surface area (Å²) in [5.74, 6) is -0.348. The number of nitrogens with one attached hydrogen (secondary N) is 1. The lowest BCUT2D eigenvalue weighted by molar-refractivity contribution is 0.226. The van der Waals surface area contributed by atoms with E-state index in [4.69, 9.17) is 0 Å². The molecule has 1 saturated heterocycles. The lowest BCUT2D eigenvalue weighted by Crippen LogP contribution is -2.42. The molecule has 0 aromatic heterocycles. The number of thiol groups is 1. The van der Waals surface area contributed by atoms with Crippen LogP contribution in [-0.4, -0.2) is 43.8 Å². The predicted molar refractivity (Wildman–Crippen MR) is 70.8 cm³/mol. The second-order valence-electron chi connectivity index (χ2n) is 4.52. The molecule has 0 saturated carbocycles. The van der Waals surface area contributed by atoms with Crippen molar-refractivity contribution < 1.29 is 28.7 Å². The van der Waals surface area contributed by atoms with Crippen LogP contribution < -0.4 is 5.32 Å². The van der Waals surface area contributed by atoms with Crippen molar-refractivity contribution >= 4 is 27.8 Å². The van der Waals surface area contributed by atoms with Crippen LogP contribution in [0.5, 0.6) is 0 Å². The van der Waals surface area contributed by atoms with Crippen LogP contribution in [0.15, 0.2) is 0 Å². The van der Waals surface area contributed by atoms with Crippen molar-refractivity contribution in [3.63, 3.8) is 0 Å². The summed E-state index contributed by atoms with van der Waals surface area (Å²) in [6, 6.07) is 0. The van der Waals surface area contributed by atoms with Crippen molar-refractivity contribution in [2.75, 3.05) is 18.8 Å². The molecule has 1 heterocycles. The number of hydrogen-bond acceptors (Lipinski definition) is 4. The van der Waals surface area contributed by atoms with E-state index in [2.05, 4.69) is 17.9 Å². The van der Waals surface area contributed by atoms with Crippen molar-refractivity contribution in [2.45, 2.75) is 18.2 Å². The molecule has 5 N–H and O–H groups in total. The maximum atomic E-state index is 11.4. The molecule has 18 heavy (non-hydrogen) atoms. The number of piperidine rings is 1. The Labute approximate surface area is 111 Å². The molecule has 0 amide bonds. The molecule has 7 nitrogen and oxygen atoms in total. The summed E-state index contributed by atoms with van der Waals surface area (Å²) in [6.07, 6.45) is 0.913. The first-order chi connectivity index (χ1) is 8.18.